The molecule has 21 heavy (non-hydrogen) atoms. The van der Waals surface area contributed by atoms with Gasteiger partial charge in [-0.05, 0) is 23.3 Å². The van der Waals surface area contributed by atoms with Crippen molar-refractivity contribution < 1.29 is 18.3 Å². The molecule has 6 heteroatoms. The van der Waals surface area contributed by atoms with Crippen LogP contribution in [0.25, 0.3) is 0 Å². The molecular formula is C15H15F3N2O. The maximum Gasteiger partial charge on any atom is 0.433 e. The Kier molecular flexibility index (Phi) is 4.47. The van der Waals surface area contributed by atoms with E-state index < -0.39 is 11.9 Å². The Bertz CT molecular complexity index is 597. The zero-order valence-corrected chi connectivity index (χ0v) is 11.4. The standard InChI is InChI=1S/C15H15F3N2O/c1-20(9-11-5-7-12(10-21)8-6-11)14-4-2-3-13(19-14)15(16,17)18/h2-8,21H,9-10H2,1H3. The maximum absolute atomic E-state index is 12.6. The van der Waals surface area contributed by atoms with Crippen molar-refractivity contribution in [2.75, 3.05) is 11.9 Å². The minimum Gasteiger partial charge on any atom is -0.392 e. The van der Waals surface area contributed by atoms with Gasteiger partial charge in [-0.15, -0.1) is 0 Å². The van der Waals surface area contributed by atoms with Crippen LogP contribution in [0.5, 0.6) is 0 Å². The summed E-state index contributed by atoms with van der Waals surface area (Å²) in [5, 5.41) is 8.97. The number of aliphatic hydroxyl groups is 1. The summed E-state index contributed by atoms with van der Waals surface area (Å²) < 4.78 is 37.9. The van der Waals surface area contributed by atoms with Crippen LogP contribution in [0.4, 0.5) is 19.0 Å². The summed E-state index contributed by atoms with van der Waals surface area (Å²) >= 11 is 0. The zero-order valence-electron chi connectivity index (χ0n) is 11.4. The average Bonchev–Trinajstić information content (AvgIpc) is 2.47. The molecule has 1 aromatic carbocycles. The molecule has 1 aromatic heterocycles. The molecule has 0 aliphatic rings. The van der Waals surface area contributed by atoms with Gasteiger partial charge < -0.3 is 10.0 Å². The van der Waals surface area contributed by atoms with Crippen molar-refractivity contribution in [1.29, 1.82) is 0 Å². The van der Waals surface area contributed by atoms with E-state index in [1.807, 2.05) is 12.1 Å². The molecule has 0 bridgehead atoms. The fraction of sp³-hybridized carbons (Fsp3) is 0.267. The van der Waals surface area contributed by atoms with Gasteiger partial charge in [0.15, 0.2) is 0 Å². The van der Waals surface area contributed by atoms with Gasteiger partial charge in [-0.1, -0.05) is 30.3 Å². The van der Waals surface area contributed by atoms with E-state index in [9.17, 15) is 13.2 Å². The van der Waals surface area contributed by atoms with Gasteiger partial charge in [0.2, 0.25) is 0 Å². The number of anilines is 1. The van der Waals surface area contributed by atoms with Crippen molar-refractivity contribution in [3.8, 4) is 0 Å². The second-order valence-corrected chi connectivity index (χ2v) is 4.71. The van der Waals surface area contributed by atoms with E-state index >= 15 is 0 Å². The number of hydrogen-bond acceptors (Lipinski definition) is 3. The van der Waals surface area contributed by atoms with E-state index in [4.69, 9.17) is 5.11 Å². The fourth-order valence-corrected chi connectivity index (χ4v) is 1.90. The van der Waals surface area contributed by atoms with Crippen LogP contribution in [0.15, 0.2) is 42.5 Å². The molecule has 112 valence electrons. The van der Waals surface area contributed by atoms with E-state index in [-0.39, 0.29) is 12.4 Å². The number of aliphatic hydroxyl groups excluding tert-OH is 1. The monoisotopic (exact) mass is 296 g/mol. The Morgan fingerprint density at radius 3 is 2.24 bits per heavy atom. The predicted molar refractivity (Wildman–Crippen MR) is 73.7 cm³/mol. The Labute approximate surface area is 120 Å². The van der Waals surface area contributed by atoms with Crippen LogP contribution in [0.1, 0.15) is 16.8 Å². The van der Waals surface area contributed by atoms with E-state index in [0.29, 0.717) is 6.54 Å². The van der Waals surface area contributed by atoms with Crippen LogP contribution in [-0.2, 0) is 19.3 Å². The lowest BCUT2D eigenvalue weighted by Crippen LogP contribution is -2.19. The summed E-state index contributed by atoms with van der Waals surface area (Å²) in [5.74, 6) is 0.260. The Balaban J connectivity index is 2.14. The highest BCUT2D eigenvalue weighted by atomic mass is 19.4. The summed E-state index contributed by atoms with van der Waals surface area (Å²) in [6.45, 7) is 0.394. The van der Waals surface area contributed by atoms with E-state index in [1.54, 1.807) is 24.1 Å². The number of pyridine rings is 1. The molecule has 0 amide bonds. The van der Waals surface area contributed by atoms with Crippen LogP contribution in [-0.4, -0.2) is 17.1 Å². The first-order valence-corrected chi connectivity index (χ1v) is 6.34. The molecule has 0 fully saturated rings. The molecule has 0 saturated carbocycles. The highest BCUT2D eigenvalue weighted by Crippen LogP contribution is 2.28. The number of nitrogens with zero attached hydrogens (tertiary/aromatic N) is 2. The molecule has 0 atom stereocenters. The Morgan fingerprint density at radius 1 is 1.05 bits per heavy atom. The summed E-state index contributed by atoms with van der Waals surface area (Å²) in [5.41, 5.74) is 0.815. The molecule has 2 rings (SSSR count). The van der Waals surface area contributed by atoms with Crippen LogP contribution < -0.4 is 4.90 Å². The van der Waals surface area contributed by atoms with Crippen LogP contribution in [0.3, 0.4) is 0 Å². The second-order valence-electron chi connectivity index (χ2n) is 4.71. The molecule has 0 aliphatic carbocycles. The largest absolute Gasteiger partial charge is 0.433 e. The molecule has 0 radical (unpaired) electrons. The van der Waals surface area contributed by atoms with Crippen molar-refractivity contribution in [3.63, 3.8) is 0 Å². The zero-order chi connectivity index (χ0) is 15.5. The molecule has 1 N–H and O–H groups in total. The van der Waals surface area contributed by atoms with E-state index in [2.05, 4.69) is 4.98 Å². The van der Waals surface area contributed by atoms with Gasteiger partial charge in [-0.25, -0.2) is 4.98 Å². The van der Waals surface area contributed by atoms with Crippen molar-refractivity contribution in [2.24, 2.45) is 0 Å². The fourth-order valence-electron chi connectivity index (χ4n) is 1.90. The normalized spacial score (nSPS) is 11.5. The molecule has 0 saturated heterocycles. The van der Waals surface area contributed by atoms with Crippen LogP contribution in [0.2, 0.25) is 0 Å². The summed E-state index contributed by atoms with van der Waals surface area (Å²) in [6, 6.07) is 11.1. The third kappa shape index (κ3) is 3.95. The van der Waals surface area contributed by atoms with Crippen molar-refractivity contribution >= 4 is 5.82 Å². The number of halogens is 3. The highest BCUT2D eigenvalue weighted by molar-refractivity contribution is 5.40. The first-order chi connectivity index (χ1) is 9.90. The Morgan fingerprint density at radius 2 is 1.67 bits per heavy atom. The first-order valence-electron chi connectivity index (χ1n) is 6.34. The molecule has 0 unspecified atom stereocenters. The van der Waals surface area contributed by atoms with Gasteiger partial charge in [0.05, 0.1) is 6.61 Å². The first kappa shape index (κ1) is 15.3. The number of hydrogen-bond donors (Lipinski definition) is 1. The van der Waals surface area contributed by atoms with Gasteiger partial charge in [0.25, 0.3) is 0 Å². The molecule has 3 nitrogen and oxygen atoms in total. The number of benzene rings is 1. The molecule has 1 heterocycles. The van der Waals surface area contributed by atoms with Gasteiger partial charge in [0, 0.05) is 13.6 Å². The van der Waals surface area contributed by atoms with Gasteiger partial charge in [0.1, 0.15) is 11.5 Å². The summed E-state index contributed by atoms with van der Waals surface area (Å²) in [6.07, 6.45) is -4.44. The van der Waals surface area contributed by atoms with Gasteiger partial charge in [-0.3, -0.25) is 0 Å². The molecule has 0 spiro atoms. The number of rotatable bonds is 4. The van der Waals surface area contributed by atoms with Crippen LogP contribution in [0, 0.1) is 0 Å². The topological polar surface area (TPSA) is 36.4 Å². The minimum absolute atomic E-state index is 0.0364. The van der Waals surface area contributed by atoms with Crippen molar-refractivity contribution in [3.05, 3.63) is 59.3 Å². The quantitative estimate of drug-likeness (QED) is 0.941. The van der Waals surface area contributed by atoms with Crippen molar-refractivity contribution in [2.45, 2.75) is 19.3 Å². The minimum atomic E-state index is -4.44. The third-order valence-electron chi connectivity index (χ3n) is 3.04. The lowest BCUT2D eigenvalue weighted by atomic mass is 10.1. The van der Waals surface area contributed by atoms with Gasteiger partial charge in [-0.2, -0.15) is 13.2 Å². The smallest absolute Gasteiger partial charge is 0.392 e. The van der Waals surface area contributed by atoms with E-state index in [0.717, 1.165) is 17.2 Å². The Hall–Kier alpha value is -2.08. The number of alkyl halides is 3. The van der Waals surface area contributed by atoms with Crippen molar-refractivity contribution in [1.82, 2.24) is 4.98 Å². The summed E-state index contributed by atoms with van der Waals surface area (Å²) in [4.78, 5) is 5.28. The average molecular weight is 296 g/mol. The highest BCUT2D eigenvalue weighted by Gasteiger charge is 2.32. The maximum atomic E-state index is 12.6. The lowest BCUT2D eigenvalue weighted by molar-refractivity contribution is -0.141. The molecule has 2 aromatic rings. The second kappa shape index (κ2) is 6.13. The number of aromatic nitrogens is 1. The summed E-state index contributed by atoms with van der Waals surface area (Å²) in [7, 11) is 1.68. The van der Waals surface area contributed by atoms with E-state index in [1.165, 1.54) is 12.1 Å². The lowest BCUT2D eigenvalue weighted by Gasteiger charge is -2.19. The molecular weight excluding hydrogens is 281 g/mol. The van der Waals surface area contributed by atoms with Gasteiger partial charge >= 0.3 is 6.18 Å². The molecule has 0 aliphatic heterocycles. The SMILES string of the molecule is CN(Cc1ccc(CO)cc1)c1cccc(C(F)(F)F)n1. The third-order valence-corrected chi connectivity index (χ3v) is 3.04. The predicted octanol–water partition coefficient (Wildman–Crippen LogP) is 3.23. The van der Waals surface area contributed by atoms with Crippen LogP contribution >= 0.6 is 0 Å².